The molecule has 5 unspecified atom stereocenters. The van der Waals surface area contributed by atoms with Gasteiger partial charge in [0.1, 0.15) is 0 Å². The fourth-order valence-electron chi connectivity index (χ4n) is 6.13. The summed E-state index contributed by atoms with van der Waals surface area (Å²) >= 11 is 5.92. The van der Waals surface area contributed by atoms with Crippen LogP contribution in [0.15, 0.2) is 59.4 Å². The van der Waals surface area contributed by atoms with Crippen LogP contribution in [0.3, 0.4) is 0 Å². The van der Waals surface area contributed by atoms with E-state index in [9.17, 15) is 15.0 Å². The van der Waals surface area contributed by atoms with Crippen molar-refractivity contribution in [1.29, 1.82) is 0 Å². The zero-order valence-corrected chi connectivity index (χ0v) is 25.0. The van der Waals surface area contributed by atoms with Crippen LogP contribution in [-0.4, -0.2) is 50.4 Å². The average molecular weight is 577 g/mol. The maximum absolute atomic E-state index is 13.8. The second kappa shape index (κ2) is 12.0. The molecule has 0 radical (unpaired) electrons. The molecule has 1 saturated carbocycles. The first kappa shape index (κ1) is 29.3. The highest BCUT2D eigenvalue weighted by Crippen LogP contribution is 2.48. The van der Waals surface area contributed by atoms with Gasteiger partial charge in [-0.15, -0.1) is 16.3 Å². The number of halogens is 1. The van der Waals surface area contributed by atoms with Crippen LogP contribution in [0.4, 0.5) is 5.69 Å². The number of nitrogens with zero attached hydrogens (tertiary/aromatic N) is 4. The SMILES string of the molecule is CC(C)CN(CC(C)C)c1ccc(C2C([O-])C(c3c(C4=CC=CCC4C)[nH]n(-c4ccc(Cl)nn4)c3=O)C2O)cc1. The maximum atomic E-state index is 13.8. The Kier molecular flexibility index (Phi) is 8.55. The van der Waals surface area contributed by atoms with Crippen LogP contribution < -0.4 is 15.6 Å². The highest BCUT2D eigenvalue weighted by molar-refractivity contribution is 6.29. The van der Waals surface area contributed by atoms with Gasteiger partial charge in [0.25, 0.3) is 5.56 Å². The Morgan fingerprint density at radius 1 is 1.07 bits per heavy atom. The molecule has 2 aliphatic rings. The Morgan fingerprint density at radius 3 is 2.32 bits per heavy atom. The summed E-state index contributed by atoms with van der Waals surface area (Å²) in [7, 11) is 0. The van der Waals surface area contributed by atoms with Crippen molar-refractivity contribution in [1.82, 2.24) is 20.0 Å². The molecule has 2 N–H and O–H groups in total. The first-order valence-electron chi connectivity index (χ1n) is 14.5. The minimum atomic E-state index is -1.18. The van der Waals surface area contributed by atoms with Gasteiger partial charge in [0.15, 0.2) is 11.0 Å². The summed E-state index contributed by atoms with van der Waals surface area (Å²) in [6.45, 7) is 12.8. The number of hydrogen-bond donors (Lipinski definition) is 2. The molecule has 3 aromatic rings. The van der Waals surface area contributed by atoms with Gasteiger partial charge in [0.2, 0.25) is 0 Å². The number of aliphatic hydroxyl groups excluding tert-OH is 1. The molecule has 2 heterocycles. The van der Waals surface area contributed by atoms with Crippen molar-refractivity contribution >= 4 is 22.9 Å². The molecule has 2 aromatic heterocycles. The van der Waals surface area contributed by atoms with E-state index in [0.29, 0.717) is 23.1 Å². The Labute approximate surface area is 246 Å². The second-order valence-corrected chi connectivity index (χ2v) is 12.6. The first-order valence-corrected chi connectivity index (χ1v) is 14.8. The molecule has 0 aliphatic heterocycles. The van der Waals surface area contributed by atoms with Gasteiger partial charge >= 0.3 is 0 Å². The summed E-state index contributed by atoms with van der Waals surface area (Å²) in [5.74, 6) is -0.0399. The monoisotopic (exact) mass is 576 g/mol. The van der Waals surface area contributed by atoms with E-state index in [4.69, 9.17) is 11.6 Å². The molecule has 0 saturated heterocycles. The number of rotatable bonds is 9. The summed E-state index contributed by atoms with van der Waals surface area (Å²) in [6, 6.07) is 11.1. The molecule has 5 rings (SSSR count). The van der Waals surface area contributed by atoms with Crippen molar-refractivity contribution in [3.63, 3.8) is 0 Å². The molecular weight excluding hydrogens is 538 g/mol. The first-order chi connectivity index (χ1) is 19.6. The topological polar surface area (TPSA) is 110 Å². The zero-order valence-electron chi connectivity index (χ0n) is 24.3. The lowest BCUT2D eigenvalue weighted by Gasteiger charge is -2.54. The van der Waals surface area contributed by atoms with Crippen LogP contribution in [0.1, 0.15) is 69.7 Å². The predicted molar refractivity (Wildman–Crippen MR) is 161 cm³/mol. The predicted octanol–water partition coefficient (Wildman–Crippen LogP) is 4.68. The fourth-order valence-corrected chi connectivity index (χ4v) is 6.23. The Hall–Kier alpha value is -3.20. The smallest absolute Gasteiger partial charge is 0.276 e. The van der Waals surface area contributed by atoms with Crippen LogP contribution in [0, 0.1) is 17.8 Å². The molecule has 9 heteroatoms. The second-order valence-electron chi connectivity index (χ2n) is 12.2. The summed E-state index contributed by atoms with van der Waals surface area (Å²) in [6.07, 6.45) is 4.63. The number of aromatic amines is 1. The molecular formula is C32H39ClN5O3-. The van der Waals surface area contributed by atoms with Crippen molar-refractivity contribution < 1.29 is 10.2 Å². The number of benzene rings is 1. The number of hydrogen-bond acceptors (Lipinski definition) is 6. The Balaban J connectivity index is 1.47. The molecule has 1 fully saturated rings. The van der Waals surface area contributed by atoms with Gasteiger partial charge in [0.05, 0.1) is 11.8 Å². The van der Waals surface area contributed by atoms with Crippen LogP contribution in [0.2, 0.25) is 5.15 Å². The summed E-state index contributed by atoms with van der Waals surface area (Å²) in [5, 5.41) is 36.6. The van der Waals surface area contributed by atoms with Crippen molar-refractivity contribution in [2.24, 2.45) is 17.8 Å². The molecule has 0 bridgehead atoms. The standard InChI is InChI=1S/C32H39ClN5O3/c1-18(2)16-37(17-19(3)4)22-12-10-21(11-13-22)26-30(39)28(31(26)40)27-29(23-9-7-6-8-20(23)5)36-38(32(27)41)25-15-14-24(33)34-35-25/h6-7,9-15,18-20,26,28,30-31,36,39H,8,16-17H2,1-5H3/q-1. The number of anilines is 1. The van der Waals surface area contributed by atoms with Crippen LogP contribution in [-0.2, 0) is 0 Å². The number of allylic oxidation sites excluding steroid dienone is 4. The van der Waals surface area contributed by atoms with Crippen molar-refractivity contribution in [3.8, 4) is 5.82 Å². The molecule has 2 aliphatic carbocycles. The van der Waals surface area contributed by atoms with Gasteiger partial charge in [-0.25, -0.2) is 0 Å². The Bertz CT molecular complexity index is 1450. The molecule has 41 heavy (non-hydrogen) atoms. The fraction of sp³-hybridized carbons (Fsp3) is 0.469. The van der Waals surface area contributed by atoms with Crippen LogP contribution >= 0.6 is 11.6 Å². The van der Waals surface area contributed by atoms with Crippen molar-refractivity contribution in [2.45, 2.75) is 65.1 Å². The third kappa shape index (κ3) is 5.78. The van der Waals surface area contributed by atoms with E-state index in [1.807, 2.05) is 36.4 Å². The van der Waals surface area contributed by atoms with E-state index in [1.165, 1.54) is 4.68 Å². The van der Waals surface area contributed by atoms with Crippen LogP contribution in [0.25, 0.3) is 11.4 Å². The number of nitrogens with one attached hydrogen (secondary N) is 1. The van der Waals surface area contributed by atoms with E-state index in [1.54, 1.807) is 12.1 Å². The third-order valence-corrected chi connectivity index (χ3v) is 8.29. The molecule has 1 aromatic carbocycles. The van der Waals surface area contributed by atoms with E-state index in [2.05, 4.69) is 60.9 Å². The molecule has 0 amide bonds. The summed E-state index contributed by atoms with van der Waals surface area (Å²) in [5.41, 5.74) is 3.28. The van der Waals surface area contributed by atoms with Gasteiger partial charge in [-0.2, -0.15) is 4.68 Å². The quantitative estimate of drug-likeness (QED) is 0.383. The highest BCUT2D eigenvalue weighted by Gasteiger charge is 2.48. The van der Waals surface area contributed by atoms with Gasteiger partial charge < -0.3 is 15.1 Å². The lowest BCUT2D eigenvalue weighted by molar-refractivity contribution is -0.462. The van der Waals surface area contributed by atoms with Gasteiger partial charge in [-0.05, 0) is 65.5 Å². The normalized spacial score (nSPS) is 24.0. The lowest BCUT2D eigenvalue weighted by Crippen LogP contribution is -2.59. The van der Waals surface area contributed by atoms with Crippen LogP contribution in [0.5, 0.6) is 0 Å². The molecule has 5 atom stereocenters. The van der Waals surface area contributed by atoms with Crippen molar-refractivity contribution in [2.75, 3.05) is 18.0 Å². The number of aromatic nitrogens is 4. The molecule has 218 valence electrons. The Morgan fingerprint density at radius 2 is 1.76 bits per heavy atom. The highest BCUT2D eigenvalue weighted by atomic mass is 35.5. The molecule has 8 nitrogen and oxygen atoms in total. The maximum Gasteiger partial charge on any atom is 0.276 e. The number of H-pyrrole nitrogens is 1. The average Bonchev–Trinajstić information content (AvgIpc) is 3.25. The number of aliphatic hydroxyl groups is 1. The van der Waals surface area contributed by atoms with Gasteiger partial charge in [0, 0.05) is 30.3 Å². The zero-order chi connectivity index (χ0) is 29.4. The van der Waals surface area contributed by atoms with Gasteiger partial charge in [-0.1, -0.05) is 76.6 Å². The summed E-state index contributed by atoms with van der Waals surface area (Å²) in [4.78, 5) is 16.2. The van der Waals surface area contributed by atoms with E-state index in [-0.39, 0.29) is 16.9 Å². The van der Waals surface area contributed by atoms with E-state index in [0.717, 1.165) is 36.3 Å². The minimum absolute atomic E-state index is 0.131. The summed E-state index contributed by atoms with van der Waals surface area (Å²) < 4.78 is 1.29. The lowest BCUT2D eigenvalue weighted by atomic mass is 9.63. The van der Waals surface area contributed by atoms with Crippen molar-refractivity contribution in [3.05, 3.63) is 87.0 Å². The van der Waals surface area contributed by atoms with E-state index >= 15 is 0 Å². The minimum Gasteiger partial charge on any atom is -0.851 e. The van der Waals surface area contributed by atoms with E-state index < -0.39 is 29.6 Å². The van der Waals surface area contributed by atoms with Gasteiger partial charge in [-0.3, -0.25) is 9.89 Å². The third-order valence-electron chi connectivity index (χ3n) is 8.09. The largest absolute Gasteiger partial charge is 0.851 e. The molecule has 0 spiro atoms.